The van der Waals surface area contributed by atoms with Crippen molar-refractivity contribution in [3.05, 3.63) is 340 Å². The topological polar surface area (TPSA) is 302 Å². The van der Waals surface area contributed by atoms with Gasteiger partial charge in [-0.05, 0) is 223 Å². The second-order valence-electron chi connectivity index (χ2n) is 40.4. The number of carbonyl (C=O) groups excluding carboxylic acids is 4. The van der Waals surface area contributed by atoms with Gasteiger partial charge >= 0.3 is 6.18 Å². The minimum absolute atomic E-state index is 0.0828. The first-order chi connectivity index (χ1) is 73.0. The van der Waals surface area contributed by atoms with Crippen LogP contribution in [0.1, 0.15) is 163 Å². The van der Waals surface area contributed by atoms with Gasteiger partial charge in [-0.15, -0.1) is 0 Å². The highest BCUT2D eigenvalue weighted by Gasteiger charge is 2.55. The second kappa shape index (κ2) is 39.2. The van der Waals surface area contributed by atoms with Crippen molar-refractivity contribution in [1.29, 1.82) is 0 Å². The number of fused-ring (bicyclic) bond motifs is 20. The fourth-order valence-electron chi connectivity index (χ4n) is 22.9. The number of alkyl halides is 3. The predicted molar refractivity (Wildman–Crippen MR) is 577 cm³/mol. The van der Waals surface area contributed by atoms with E-state index in [1.165, 1.54) is 12.1 Å². The Labute approximate surface area is 865 Å². The Hall–Kier alpha value is -17.2. The minimum atomic E-state index is -4.37. The van der Waals surface area contributed by atoms with Crippen LogP contribution in [0.15, 0.2) is 293 Å². The molecular weight excluding hydrogens is 1890 g/mol. The molecule has 4 saturated carbocycles. The van der Waals surface area contributed by atoms with Crippen LogP contribution in [0.2, 0.25) is 0 Å². The van der Waals surface area contributed by atoms with Crippen LogP contribution in [0.4, 0.5) is 82.5 Å². The first-order valence-corrected chi connectivity index (χ1v) is 51.6. The molecule has 756 valence electrons. The molecule has 0 saturated heterocycles. The van der Waals surface area contributed by atoms with E-state index in [2.05, 4.69) is 141 Å². The summed E-state index contributed by atoms with van der Waals surface area (Å²) in [6.07, 6.45) is 12.7. The molecule has 4 amide bonds. The molecule has 7 aromatic heterocycles. The van der Waals surface area contributed by atoms with E-state index in [1.54, 1.807) is 31.3 Å². The molecule has 150 heavy (non-hydrogen) atoms. The zero-order chi connectivity index (χ0) is 102. The van der Waals surface area contributed by atoms with E-state index in [4.69, 9.17) is 40.4 Å². The minimum Gasteiger partial charge on any atom is -0.340 e. The predicted octanol–water partition coefficient (Wildman–Crippen LogP) is 20.8. The van der Waals surface area contributed by atoms with Crippen molar-refractivity contribution in [3.63, 3.8) is 0 Å². The van der Waals surface area contributed by atoms with Crippen LogP contribution in [-0.2, 0) is 38.8 Å². The number of rotatable bonds is 20. The van der Waals surface area contributed by atoms with E-state index in [0.29, 0.717) is 95.7 Å². The molecule has 0 unspecified atom stereocenters. The monoisotopic (exact) mass is 2000 g/mol. The number of carbonyl (C=O) groups is 4. The van der Waals surface area contributed by atoms with Gasteiger partial charge in [-0.3, -0.25) is 73.3 Å². The largest absolute Gasteiger partial charge is 0.416 e. The molecule has 8 aliphatic heterocycles. The van der Waals surface area contributed by atoms with Crippen LogP contribution in [0.25, 0.3) is 33.8 Å². The number of halogens is 3. The van der Waals surface area contributed by atoms with Gasteiger partial charge in [0.25, 0.3) is 23.6 Å². The summed E-state index contributed by atoms with van der Waals surface area (Å²) in [5.74, 6) is 7.82. The number of hydrogen-bond acceptors (Lipinski definition) is 23. The third-order valence-electron chi connectivity index (χ3n) is 30.5. The van der Waals surface area contributed by atoms with Gasteiger partial charge in [0.15, 0.2) is 23.3 Å². The SMILES string of the molecule is CN1C(=O)c2c(Nc3ccccc3)nn(CCc3ccc(C(F)(F)F)cc3)c2N2C1=N[C@@H]1CCC[C@@H]12.Cc1ccc(-c2ccc(Cn3nc(Nc4ccccc4)c4c3N3C(=N[C@@H]5CCC[C@@H]53)N(C)C4=O)cc2)nc1.Cc1ccc(-c2ccc(Cn3nc4c(c3Nc3ccccc3)C(=O)N(C)C3=N[C@@H]5CCC[C@@H]5N34)cc2)nc1.Cc1cccc(-c2ccc(Cn3nc(Nc4ccccc4)c4c3N3C(=N[C@@H]5CCC[C@@H]53)N(C)C4=O)cc2)n1. The number of amides is 4. The summed E-state index contributed by atoms with van der Waals surface area (Å²) >= 11 is 0. The van der Waals surface area contributed by atoms with E-state index in [9.17, 15) is 32.3 Å². The van der Waals surface area contributed by atoms with E-state index in [1.807, 2.05) is 220 Å². The number of aromatic nitrogens is 11. The Bertz CT molecular complexity index is 7800. The van der Waals surface area contributed by atoms with Crippen LogP contribution in [-0.4, -0.2) is 198 Å². The summed E-state index contributed by atoms with van der Waals surface area (Å²) < 4.78 is 46.6. The molecule has 27 rings (SSSR count). The lowest BCUT2D eigenvalue weighted by Gasteiger charge is -2.35. The molecule has 4 fully saturated rings. The Morgan fingerprint density at radius 1 is 0.327 bits per heavy atom. The summed E-state index contributed by atoms with van der Waals surface area (Å²) in [6, 6.07) is 85.7. The average Bonchev–Trinajstić information content (AvgIpc) is 1.57. The zero-order valence-electron chi connectivity index (χ0n) is 84.2. The first-order valence-electron chi connectivity index (χ1n) is 51.6. The summed E-state index contributed by atoms with van der Waals surface area (Å²) in [6.45, 7) is 8.09. The molecule has 15 aromatic rings. The third-order valence-corrected chi connectivity index (χ3v) is 30.5. The van der Waals surface area contributed by atoms with Gasteiger partial charge in [0, 0.05) is 92.3 Å². The number of nitrogens with one attached hydrogen (secondary N) is 4. The van der Waals surface area contributed by atoms with Gasteiger partial charge in [0.05, 0.1) is 90.6 Å². The van der Waals surface area contributed by atoms with E-state index in [0.717, 1.165) is 214 Å². The summed E-state index contributed by atoms with van der Waals surface area (Å²) in [7, 11) is 7.20. The number of aryl methyl sites for hydroxylation is 5. The molecule has 15 heterocycles. The van der Waals surface area contributed by atoms with E-state index in [-0.39, 0.29) is 72.0 Å². The lowest BCUT2D eigenvalue weighted by atomic mass is 10.1. The molecule has 0 spiro atoms. The molecule has 12 aliphatic rings. The van der Waals surface area contributed by atoms with Gasteiger partial charge in [-0.2, -0.15) is 33.6 Å². The Kier molecular flexibility index (Phi) is 24.8. The highest BCUT2D eigenvalue weighted by atomic mass is 19.4. The Morgan fingerprint density at radius 2 is 0.667 bits per heavy atom. The van der Waals surface area contributed by atoms with Gasteiger partial charge < -0.3 is 21.3 Å². The lowest BCUT2D eigenvalue weighted by molar-refractivity contribution is -0.137. The number of anilines is 12. The number of benzene rings is 8. The highest BCUT2D eigenvalue weighted by molar-refractivity contribution is 6.24. The molecule has 8 aromatic carbocycles. The van der Waals surface area contributed by atoms with Crippen molar-refractivity contribution in [3.8, 4) is 33.8 Å². The standard InChI is InChI=1S/3C30H29N7O.C26H25F3N6O/c1-19-8-6-11-23(31-19)21-16-14-20(15-17-21)18-36-28-26(27(34-36)32-22-9-4-3-5-10-22)29(38)35(2)30-33-24-12-7-13-25(24)37(28)30;1-19-11-16-23(31-17-19)21-14-12-20(13-15-21)18-36-27(32-22-7-4-3-5-8-22)26-28(34-36)37-25-10-6-9-24(25)33-30(37)35(2)29(26)38;1-19-11-16-23(31-17-19)21-14-12-20(13-15-21)18-36-28-26(27(34-36)32-22-7-4-3-5-8-22)29(38)35(2)30-33-24-9-6-10-25(24)37(28)30;1-33-24(36)21-22(30-18-6-3-2-4-7-18)32-34(15-14-16-10-12-17(13-11-16)26(27,28)29)23(21)35-20-9-5-8-19(20)31-25(33)35/h3-6,8-11,14-17,24-25H,7,12-13,18H2,1-2H3,(H,32,34);3-5,7-8,11-17,24-25,32H,6,9-10,18H2,1-2H3;3-5,7-8,11-17,24-25H,6,9-10,18H2,1-2H3,(H,32,34);2-4,6-7,10-13,19-20H,5,8-9,14-15H2,1H3,(H,30,32)/t3*24-,25+;19-,20+/m1111/s1. The first kappa shape index (κ1) is 95.0. The number of guanidine groups is 4. The number of hydrogen-bond donors (Lipinski definition) is 4. The average molecular weight is 2010 g/mol. The second-order valence-corrected chi connectivity index (χ2v) is 40.4. The van der Waals surface area contributed by atoms with Crippen molar-refractivity contribution < 1.29 is 32.3 Å². The quantitative estimate of drug-likeness (QED) is 0.0551. The number of para-hydroxylation sites is 4. The molecule has 0 bridgehead atoms. The maximum atomic E-state index is 13.7. The van der Waals surface area contributed by atoms with Crippen molar-refractivity contribution in [1.82, 2.24) is 73.7 Å². The number of aliphatic imine (C=N–C) groups is 4. The van der Waals surface area contributed by atoms with Crippen molar-refractivity contribution >= 4 is 117 Å². The van der Waals surface area contributed by atoms with E-state index >= 15 is 0 Å². The smallest absolute Gasteiger partial charge is 0.340 e. The zero-order valence-corrected chi connectivity index (χ0v) is 84.2. The molecule has 4 aliphatic carbocycles. The Morgan fingerprint density at radius 3 is 1.04 bits per heavy atom. The molecule has 0 radical (unpaired) electrons. The van der Waals surface area contributed by atoms with Gasteiger partial charge in [0.1, 0.15) is 45.5 Å². The van der Waals surface area contributed by atoms with E-state index < -0.39 is 11.7 Å². The third kappa shape index (κ3) is 17.8. The maximum absolute atomic E-state index is 13.7. The fraction of sp³-hybridized carbons (Fsp3) is 0.284. The highest BCUT2D eigenvalue weighted by Crippen LogP contribution is 2.50. The fourth-order valence-corrected chi connectivity index (χ4v) is 22.9. The van der Waals surface area contributed by atoms with Crippen LogP contribution >= 0.6 is 0 Å². The van der Waals surface area contributed by atoms with Crippen molar-refractivity contribution in [2.45, 2.75) is 185 Å². The molecule has 8 atom stereocenters. The molecule has 4 N–H and O–H groups in total. The number of pyridine rings is 3. The Balaban J connectivity index is 0.000000106. The summed E-state index contributed by atoms with van der Waals surface area (Å²) in [5.41, 5.74) is 18.5. The summed E-state index contributed by atoms with van der Waals surface area (Å²) in [5, 5.41) is 33.4. The van der Waals surface area contributed by atoms with Crippen LogP contribution < -0.4 is 40.9 Å². The van der Waals surface area contributed by atoms with Gasteiger partial charge in [-0.25, -0.2) is 38.7 Å². The van der Waals surface area contributed by atoms with Crippen LogP contribution in [0.3, 0.4) is 0 Å². The van der Waals surface area contributed by atoms with Crippen LogP contribution in [0.5, 0.6) is 0 Å². The normalized spacial score (nSPS) is 20.0. The maximum Gasteiger partial charge on any atom is 0.416 e. The van der Waals surface area contributed by atoms with Gasteiger partial charge in [0.2, 0.25) is 23.8 Å². The number of nitrogens with zero attached hydrogens (tertiary/aromatic N) is 23. The van der Waals surface area contributed by atoms with Crippen molar-refractivity contribution in [2.75, 3.05) is 69.1 Å². The molecule has 31 nitrogen and oxygen atoms in total. The lowest BCUT2D eigenvalue weighted by Crippen LogP contribution is -2.52. The molecule has 34 heteroatoms. The van der Waals surface area contributed by atoms with Crippen LogP contribution in [0, 0.1) is 20.8 Å². The van der Waals surface area contributed by atoms with Crippen molar-refractivity contribution in [2.24, 2.45) is 20.0 Å². The van der Waals surface area contributed by atoms with Gasteiger partial charge in [-0.1, -0.05) is 176 Å². The molecular formula is C116H112F3N27O4. The summed E-state index contributed by atoms with van der Waals surface area (Å²) in [4.78, 5) is 104.